The lowest BCUT2D eigenvalue weighted by atomic mass is 9.75. The molecule has 5 nitrogen and oxygen atoms in total. The second kappa shape index (κ2) is 4.85. The zero-order chi connectivity index (χ0) is 15.5. The van der Waals surface area contributed by atoms with Crippen LogP contribution in [0.15, 0.2) is 18.2 Å². The van der Waals surface area contributed by atoms with Crippen LogP contribution in [0.25, 0.3) is 0 Å². The molecule has 7 heteroatoms. The van der Waals surface area contributed by atoms with E-state index in [9.17, 15) is 9.59 Å². The molecule has 1 aromatic carbocycles. The van der Waals surface area contributed by atoms with Crippen LogP contribution in [0.4, 0.5) is 10.5 Å². The fourth-order valence-corrected chi connectivity index (χ4v) is 4.30. The number of benzene rings is 1. The summed E-state index contributed by atoms with van der Waals surface area (Å²) in [7, 11) is 0. The summed E-state index contributed by atoms with van der Waals surface area (Å²) in [5.41, 5.74) is -0.677. The number of imide groups is 1. The van der Waals surface area contributed by atoms with Gasteiger partial charge in [0.15, 0.2) is 0 Å². The van der Waals surface area contributed by atoms with E-state index in [0.717, 1.165) is 30.8 Å². The van der Waals surface area contributed by atoms with Crippen molar-refractivity contribution in [2.45, 2.75) is 18.4 Å². The summed E-state index contributed by atoms with van der Waals surface area (Å²) in [5.74, 6) is -0.209. The van der Waals surface area contributed by atoms with Crippen LogP contribution in [0.3, 0.4) is 0 Å². The van der Waals surface area contributed by atoms with Gasteiger partial charge in [-0.2, -0.15) is 0 Å². The zero-order valence-corrected chi connectivity index (χ0v) is 13.2. The molecule has 0 aliphatic carbocycles. The lowest BCUT2D eigenvalue weighted by molar-refractivity contribution is -0.148. The highest BCUT2D eigenvalue weighted by Gasteiger charge is 2.62. The Balaban J connectivity index is 1.74. The van der Waals surface area contributed by atoms with Gasteiger partial charge in [-0.25, -0.2) is 9.69 Å². The fraction of sp³-hybridized carbons (Fsp3) is 0.467. The minimum absolute atomic E-state index is 0.0913. The summed E-state index contributed by atoms with van der Waals surface area (Å²) in [4.78, 5) is 28.6. The first kappa shape index (κ1) is 14.3. The van der Waals surface area contributed by atoms with Crippen molar-refractivity contribution in [3.8, 4) is 0 Å². The molecule has 4 fully saturated rings. The van der Waals surface area contributed by atoms with Crippen LogP contribution in [0.5, 0.6) is 0 Å². The molecule has 116 valence electrons. The average molecular weight is 341 g/mol. The first-order valence-electron chi connectivity index (χ1n) is 7.25. The third-order valence-corrected chi connectivity index (χ3v) is 5.26. The maximum absolute atomic E-state index is 13.0. The monoisotopic (exact) mass is 340 g/mol. The van der Waals surface area contributed by atoms with Crippen LogP contribution in [-0.4, -0.2) is 42.1 Å². The summed E-state index contributed by atoms with van der Waals surface area (Å²) in [6.07, 6.45) is 1.11. The Kier molecular flexibility index (Phi) is 3.15. The molecule has 1 aromatic rings. The number of nitrogens with zero attached hydrogens (tertiary/aromatic N) is 2. The second-order valence-corrected chi connectivity index (χ2v) is 6.95. The average Bonchev–Trinajstić information content (AvgIpc) is 2.70. The van der Waals surface area contributed by atoms with E-state index >= 15 is 0 Å². The largest absolute Gasteiger partial charge is 0.430 e. The normalized spacial score (nSPS) is 33.6. The summed E-state index contributed by atoms with van der Waals surface area (Å²) >= 11 is 12.0. The van der Waals surface area contributed by atoms with Gasteiger partial charge in [-0.1, -0.05) is 23.2 Å². The Labute approximate surface area is 137 Å². The van der Waals surface area contributed by atoms with E-state index in [4.69, 9.17) is 27.9 Å². The number of ether oxygens (including phenoxy) is 1. The van der Waals surface area contributed by atoms with Gasteiger partial charge in [0.2, 0.25) is 5.60 Å². The second-order valence-electron chi connectivity index (χ2n) is 6.08. The Hall–Kier alpha value is -1.30. The summed E-state index contributed by atoms with van der Waals surface area (Å²) in [6.45, 7) is 2.40. The maximum Gasteiger partial charge on any atom is 0.422 e. The molecule has 1 unspecified atom stereocenters. The van der Waals surface area contributed by atoms with Crippen LogP contribution in [-0.2, 0) is 9.53 Å². The molecule has 5 rings (SSSR count). The smallest absolute Gasteiger partial charge is 0.422 e. The third-order valence-electron chi connectivity index (χ3n) is 4.83. The molecule has 0 radical (unpaired) electrons. The number of hydrogen-bond acceptors (Lipinski definition) is 4. The first-order chi connectivity index (χ1) is 10.5. The van der Waals surface area contributed by atoms with E-state index in [1.807, 2.05) is 0 Å². The number of piperidine rings is 3. The first-order valence-corrected chi connectivity index (χ1v) is 8.01. The molecule has 4 aliphatic rings. The van der Waals surface area contributed by atoms with Crippen LogP contribution < -0.4 is 4.90 Å². The number of amides is 2. The number of hydrogen-bond donors (Lipinski definition) is 0. The van der Waals surface area contributed by atoms with Crippen molar-refractivity contribution in [1.29, 1.82) is 0 Å². The Morgan fingerprint density at radius 3 is 2.27 bits per heavy atom. The van der Waals surface area contributed by atoms with Gasteiger partial charge in [-0.05, 0) is 44.1 Å². The minimum Gasteiger partial charge on any atom is -0.430 e. The quantitative estimate of drug-likeness (QED) is 0.788. The van der Waals surface area contributed by atoms with Crippen molar-refractivity contribution in [2.24, 2.45) is 5.92 Å². The molecule has 2 bridgehead atoms. The summed E-state index contributed by atoms with van der Waals surface area (Å²) < 4.78 is 5.59. The predicted octanol–water partition coefficient (Wildman–Crippen LogP) is 2.94. The van der Waals surface area contributed by atoms with Crippen molar-refractivity contribution in [1.82, 2.24) is 4.90 Å². The SMILES string of the molecule is O=C1OC2(CN3CCC2CC3)C(=O)N1c1cc(Cl)cc(Cl)c1. The van der Waals surface area contributed by atoms with Gasteiger partial charge in [0, 0.05) is 22.5 Å². The molecule has 2 amide bonds. The maximum atomic E-state index is 13.0. The van der Waals surface area contributed by atoms with Gasteiger partial charge in [0.1, 0.15) is 0 Å². The van der Waals surface area contributed by atoms with E-state index in [-0.39, 0.29) is 11.8 Å². The van der Waals surface area contributed by atoms with Gasteiger partial charge in [-0.15, -0.1) is 0 Å². The molecular formula is C15H14Cl2N2O3. The molecule has 0 saturated carbocycles. The Morgan fingerprint density at radius 1 is 1.09 bits per heavy atom. The summed E-state index contributed by atoms with van der Waals surface area (Å²) in [6, 6.07) is 4.66. The van der Waals surface area contributed by atoms with E-state index in [1.165, 1.54) is 0 Å². The van der Waals surface area contributed by atoms with Crippen molar-refractivity contribution in [2.75, 3.05) is 24.5 Å². The zero-order valence-electron chi connectivity index (χ0n) is 11.7. The Morgan fingerprint density at radius 2 is 1.73 bits per heavy atom. The highest BCUT2D eigenvalue weighted by atomic mass is 35.5. The topological polar surface area (TPSA) is 49.9 Å². The molecule has 4 aliphatic heterocycles. The molecule has 1 spiro atoms. The van der Waals surface area contributed by atoms with E-state index in [0.29, 0.717) is 22.3 Å². The molecule has 4 heterocycles. The number of carbonyl (C=O) groups excluding carboxylic acids is 2. The number of carbonyl (C=O) groups is 2. The minimum atomic E-state index is -1.04. The molecule has 0 N–H and O–H groups in total. The highest BCUT2D eigenvalue weighted by molar-refractivity contribution is 6.35. The van der Waals surface area contributed by atoms with Crippen LogP contribution in [0.1, 0.15) is 12.8 Å². The number of halogens is 2. The molecular weight excluding hydrogens is 327 g/mol. The number of rotatable bonds is 1. The van der Waals surface area contributed by atoms with Crippen molar-refractivity contribution < 1.29 is 14.3 Å². The van der Waals surface area contributed by atoms with E-state index in [1.54, 1.807) is 18.2 Å². The van der Waals surface area contributed by atoms with Crippen LogP contribution in [0.2, 0.25) is 10.0 Å². The molecule has 0 aromatic heterocycles. The van der Waals surface area contributed by atoms with Gasteiger partial charge >= 0.3 is 6.09 Å². The Bertz CT molecular complexity index is 653. The number of fused-ring (bicyclic) bond motifs is 2. The molecule has 22 heavy (non-hydrogen) atoms. The molecule has 1 atom stereocenters. The summed E-state index contributed by atoms with van der Waals surface area (Å²) in [5, 5.41) is 0.746. The predicted molar refractivity (Wildman–Crippen MR) is 82.3 cm³/mol. The lowest BCUT2D eigenvalue weighted by Gasteiger charge is -2.48. The standard InChI is InChI=1S/C15H14Cl2N2O3/c16-10-5-11(17)7-12(6-10)19-13(20)15(22-14(19)21)8-18-3-1-9(15)2-4-18/h5-7,9H,1-4,8H2. The van der Waals surface area contributed by atoms with E-state index in [2.05, 4.69) is 4.90 Å². The molecule has 4 saturated heterocycles. The third kappa shape index (κ3) is 1.96. The number of anilines is 1. The van der Waals surface area contributed by atoms with Gasteiger partial charge < -0.3 is 4.74 Å². The van der Waals surface area contributed by atoms with Crippen molar-refractivity contribution in [3.05, 3.63) is 28.2 Å². The van der Waals surface area contributed by atoms with Crippen molar-refractivity contribution in [3.63, 3.8) is 0 Å². The van der Waals surface area contributed by atoms with Gasteiger partial charge in [-0.3, -0.25) is 9.69 Å². The van der Waals surface area contributed by atoms with Crippen LogP contribution >= 0.6 is 23.2 Å². The van der Waals surface area contributed by atoms with Crippen LogP contribution in [0, 0.1) is 5.92 Å². The van der Waals surface area contributed by atoms with Gasteiger partial charge in [0.05, 0.1) is 5.69 Å². The van der Waals surface area contributed by atoms with E-state index < -0.39 is 11.7 Å². The van der Waals surface area contributed by atoms with Gasteiger partial charge in [0.25, 0.3) is 5.91 Å². The fourth-order valence-electron chi connectivity index (χ4n) is 3.78. The lowest BCUT2D eigenvalue weighted by Crippen LogP contribution is -2.63. The highest BCUT2D eigenvalue weighted by Crippen LogP contribution is 2.44. The van der Waals surface area contributed by atoms with Crippen molar-refractivity contribution >= 4 is 40.9 Å².